The molecule has 0 unspecified atom stereocenters. The molecule has 112 valence electrons. The van der Waals surface area contributed by atoms with Gasteiger partial charge < -0.3 is 0 Å². The van der Waals surface area contributed by atoms with Crippen LogP contribution in [0.25, 0.3) is 0 Å². The van der Waals surface area contributed by atoms with Crippen LogP contribution in [0.3, 0.4) is 0 Å². The monoisotopic (exact) mass is 374 g/mol. The molecule has 2 heterocycles. The molecule has 9 heteroatoms. The second-order valence-electron chi connectivity index (χ2n) is 4.73. The summed E-state index contributed by atoms with van der Waals surface area (Å²) in [7, 11) is -3.75. The van der Waals surface area contributed by atoms with E-state index < -0.39 is 21.9 Å². The third kappa shape index (κ3) is 2.85. The maximum atomic E-state index is 13.2. The van der Waals surface area contributed by atoms with Crippen molar-refractivity contribution < 1.29 is 12.8 Å². The highest BCUT2D eigenvalue weighted by molar-refractivity contribution is 9.10. The highest BCUT2D eigenvalue weighted by Gasteiger charge is 2.27. The Kier molecular flexibility index (Phi) is 3.80. The quantitative estimate of drug-likeness (QED) is 0.890. The van der Waals surface area contributed by atoms with Gasteiger partial charge in [0.25, 0.3) is 0 Å². The zero-order valence-electron chi connectivity index (χ0n) is 10.8. The normalized spacial score (nSPS) is 18.5. The van der Waals surface area contributed by atoms with Gasteiger partial charge in [-0.2, -0.15) is 5.10 Å². The van der Waals surface area contributed by atoms with Crippen LogP contribution in [0.5, 0.6) is 0 Å². The largest absolute Gasteiger partial charge is 0.248 e. The van der Waals surface area contributed by atoms with Gasteiger partial charge in [-0.25, -0.2) is 27.2 Å². The van der Waals surface area contributed by atoms with E-state index in [1.807, 2.05) is 0 Å². The molecule has 1 aliphatic heterocycles. The molecule has 3 rings (SSSR count). The number of rotatable bonds is 3. The van der Waals surface area contributed by atoms with Gasteiger partial charge >= 0.3 is 0 Å². The molecule has 0 bridgehead atoms. The van der Waals surface area contributed by atoms with E-state index in [0.717, 1.165) is 19.0 Å². The number of nitrogens with zero attached hydrogens (tertiary/aromatic N) is 3. The fourth-order valence-electron chi connectivity index (χ4n) is 2.30. The van der Waals surface area contributed by atoms with Gasteiger partial charge in [0.05, 0.1) is 15.4 Å². The van der Waals surface area contributed by atoms with E-state index in [9.17, 15) is 12.8 Å². The second kappa shape index (κ2) is 5.47. The molecule has 1 N–H and O–H groups in total. The van der Waals surface area contributed by atoms with Crippen LogP contribution in [0.4, 0.5) is 4.39 Å². The fraction of sp³-hybridized carbons (Fsp3) is 0.333. The highest BCUT2D eigenvalue weighted by atomic mass is 79.9. The zero-order valence-corrected chi connectivity index (χ0v) is 13.2. The standard InChI is InChI=1S/C12H12BrFN4O2S/c13-9-6-8(3-4-10(9)14)21(19,20)17-11-2-1-5-18-12(11)15-7-16-18/h3-4,6-7,11,17H,1-2,5H2/t11-/m0/s1. The van der Waals surface area contributed by atoms with E-state index in [1.165, 1.54) is 18.5 Å². The van der Waals surface area contributed by atoms with Crippen LogP contribution in [0.1, 0.15) is 24.7 Å². The van der Waals surface area contributed by atoms with Gasteiger partial charge in [-0.05, 0) is 47.0 Å². The van der Waals surface area contributed by atoms with E-state index in [-0.39, 0.29) is 9.37 Å². The molecule has 0 fully saturated rings. The number of hydrogen-bond acceptors (Lipinski definition) is 4. The third-order valence-corrected chi connectivity index (χ3v) is 5.40. The van der Waals surface area contributed by atoms with Crippen LogP contribution in [-0.4, -0.2) is 23.2 Å². The summed E-state index contributed by atoms with van der Waals surface area (Å²) >= 11 is 2.99. The number of halogens is 2. The molecule has 0 spiro atoms. The molecule has 1 aromatic heterocycles. The average Bonchev–Trinajstić information content (AvgIpc) is 2.91. The molecule has 1 atom stereocenters. The number of benzene rings is 1. The topological polar surface area (TPSA) is 76.9 Å². The summed E-state index contributed by atoms with van der Waals surface area (Å²) in [5.74, 6) is 0.0948. The summed E-state index contributed by atoms with van der Waals surface area (Å²) in [5, 5.41) is 4.05. The predicted octanol–water partition coefficient (Wildman–Crippen LogP) is 1.99. The van der Waals surface area contributed by atoms with E-state index in [4.69, 9.17) is 0 Å². The minimum atomic E-state index is -3.75. The summed E-state index contributed by atoms with van der Waals surface area (Å²) in [6.45, 7) is 0.732. The molecule has 0 saturated heterocycles. The van der Waals surface area contributed by atoms with Gasteiger partial charge in [0.15, 0.2) is 0 Å². The van der Waals surface area contributed by atoms with Crippen molar-refractivity contribution in [1.29, 1.82) is 0 Å². The number of nitrogens with one attached hydrogen (secondary N) is 1. The number of aryl methyl sites for hydroxylation is 1. The SMILES string of the molecule is O=S(=O)(N[C@H]1CCCn2ncnc21)c1ccc(F)c(Br)c1. The second-order valence-corrected chi connectivity index (χ2v) is 7.30. The maximum Gasteiger partial charge on any atom is 0.241 e. The summed E-state index contributed by atoms with van der Waals surface area (Å²) in [5.41, 5.74) is 0. The molecule has 0 saturated carbocycles. The number of hydrogen-bond donors (Lipinski definition) is 1. The molecule has 21 heavy (non-hydrogen) atoms. The van der Waals surface area contributed by atoms with E-state index >= 15 is 0 Å². The van der Waals surface area contributed by atoms with Crippen molar-refractivity contribution in [2.24, 2.45) is 0 Å². The lowest BCUT2D eigenvalue weighted by Gasteiger charge is -2.23. The Morgan fingerprint density at radius 2 is 2.24 bits per heavy atom. The first kappa shape index (κ1) is 14.6. The van der Waals surface area contributed by atoms with Crippen molar-refractivity contribution in [3.05, 3.63) is 40.6 Å². The lowest BCUT2D eigenvalue weighted by atomic mass is 10.1. The first-order valence-corrected chi connectivity index (χ1v) is 8.60. The first-order valence-electron chi connectivity index (χ1n) is 6.32. The van der Waals surface area contributed by atoms with Gasteiger partial charge in [-0.15, -0.1) is 0 Å². The molecule has 2 aromatic rings. The van der Waals surface area contributed by atoms with Crippen molar-refractivity contribution in [3.63, 3.8) is 0 Å². The average molecular weight is 375 g/mol. The van der Waals surface area contributed by atoms with Crippen LogP contribution < -0.4 is 4.72 Å². The predicted molar refractivity (Wildman–Crippen MR) is 76.4 cm³/mol. The van der Waals surface area contributed by atoms with E-state index in [1.54, 1.807) is 4.68 Å². The summed E-state index contributed by atoms with van der Waals surface area (Å²) in [4.78, 5) is 4.11. The van der Waals surface area contributed by atoms with Gasteiger partial charge in [0, 0.05) is 6.54 Å². The number of sulfonamides is 1. The smallest absolute Gasteiger partial charge is 0.241 e. The van der Waals surface area contributed by atoms with Gasteiger partial charge in [0.2, 0.25) is 10.0 Å². The number of aromatic nitrogens is 3. The summed E-state index contributed by atoms with van der Waals surface area (Å²) in [6, 6.07) is 3.17. The van der Waals surface area contributed by atoms with E-state index in [2.05, 4.69) is 30.7 Å². The molecule has 0 amide bonds. The van der Waals surface area contributed by atoms with Crippen molar-refractivity contribution in [3.8, 4) is 0 Å². The molecular weight excluding hydrogens is 363 g/mol. The Labute approximate surface area is 129 Å². The van der Waals surface area contributed by atoms with Crippen molar-refractivity contribution in [2.45, 2.75) is 30.3 Å². The Hall–Kier alpha value is -1.32. The Morgan fingerprint density at radius 1 is 1.43 bits per heavy atom. The van der Waals surface area contributed by atoms with Crippen LogP contribution in [0.15, 0.2) is 33.9 Å². The van der Waals surface area contributed by atoms with Gasteiger partial charge in [0.1, 0.15) is 18.0 Å². The van der Waals surface area contributed by atoms with Gasteiger partial charge in [-0.3, -0.25) is 0 Å². The van der Waals surface area contributed by atoms with Crippen molar-refractivity contribution >= 4 is 26.0 Å². The molecule has 1 aromatic carbocycles. The zero-order chi connectivity index (χ0) is 15.0. The Balaban J connectivity index is 1.89. The minimum Gasteiger partial charge on any atom is -0.248 e. The van der Waals surface area contributed by atoms with Crippen LogP contribution in [-0.2, 0) is 16.6 Å². The maximum absolute atomic E-state index is 13.2. The lowest BCUT2D eigenvalue weighted by Crippen LogP contribution is -2.33. The van der Waals surface area contributed by atoms with Crippen LogP contribution in [0.2, 0.25) is 0 Å². The summed E-state index contributed by atoms with van der Waals surface area (Å²) in [6.07, 6.45) is 2.88. The highest BCUT2D eigenvalue weighted by Crippen LogP contribution is 2.26. The molecule has 0 radical (unpaired) electrons. The van der Waals surface area contributed by atoms with Crippen LogP contribution in [0, 0.1) is 5.82 Å². The van der Waals surface area contributed by atoms with Crippen LogP contribution >= 0.6 is 15.9 Å². The van der Waals surface area contributed by atoms with E-state index in [0.29, 0.717) is 12.2 Å². The molecule has 6 nitrogen and oxygen atoms in total. The Bertz CT molecular complexity index is 777. The number of fused-ring (bicyclic) bond motifs is 1. The van der Waals surface area contributed by atoms with Crippen molar-refractivity contribution in [1.82, 2.24) is 19.5 Å². The fourth-order valence-corrected chi connectivity index (χ4v) is 4.08. The molecule has 1 aliphatic rings. The van der Waals surface area contributed by atoms with Gasteiger partial charge in [-0.1, -0.05) is 0 Å². The first-order chi connectivity index (χ1) is 9.97. The Morgan fingerprint density at radius 3 is 3.00 bits per heavy atom. The third-order valence-electron chi connectivity index (χ3n) is 3.32. The van der Waals surface area contributed by atoms with Crippen molar-refractivity contribution in [2.75, 3.05) is 0 Å². The molecule has 0 aliphatic carbocycles. The lowest BCUT2D eigenvalue weighted by molar-refractivity contribution is 0.400. The summed E-state index contributed by atoms with van der Waals surface area (Å²) < 4.78 is 42.4. The molecular formula is C12H12BrFN4O2S. The minimum absolute atomic E-state index is 0.00686.